The van der Waals surface area contributed by atoms with Crippen LogP contribution in [0.2, 0.25) is 5.15 Å². The van der Waals surface area contributed by atoms with Gasteiger partial charge >= 0.3 is 5.63 Å². The molecule has 0 saturated carbocycles. The normalized spacial score (nSPS) is 11.5. The van der Waals surface area contributed by atoms with Crippen molar-refractivity contribution in [3.8, 4) is 0 Å². The van der Waals surface area contributed by atoms with E-state index in [2.05, 4.69) is 27.6 Å². The molecule has 4 aromatic rings. The van der Waals surface area contributed by atoms with Crippen LogP contribution in [0.1, 0.15) is 0 Å². The molecule has 0 aliphatic carbocycles. The quantitative estimate of drug-likeness (QED) is 0.183. The van der Waals surface area contributed by atoms with Gasteiger partial charge in [-0.15, -0.1) is 0 Å². The van der Waals surface area contributed by atoms with Gasteiger partial charge < -0.3 is 4.42 Å². The standard InChI is InChI=1S/C16H7ClINO2/c17-15-13-9-3-1-2-4-12(9)21-16(20)14(13)10-7-8(18)5-6-11(10)19-15/h1-7H. The Hall–Kier alpha value is -1.66. The molecule has 2 aromatic heterocycles. The Labute approximate surface area is 137 Å². The Morgan fingerprint density at radius 1 is 1.05 bits per heavy atom. The summed E-state index contributed by atoms with van der Waals surface area (Å²) in [7, 11) is 0. The molecule has 5 heteroatoms. The smallest absolute Gasteiger partial charge is 0.344 e. The lowest BCUT2D eigenvalue weighted by Crippen LogP contribution is -2.02. The molecule has 0 unspecified atom stereocenters. The highest BCUT2D eigenvalue weighted by Crippen LogP contribution is 2.33. The molecule has 2 aromatic carbocycles. The summed E-state index contributed by atoms with van der Waals surface area (Å²) in [6, 6.07) is 13.1. The van der Waals surface area contributed by atoms with Gasteiger partial charge in [0.15, 0.2) is 0 Å². The van der Waals surface area contributed by atoms with E-state index in [9.17, 15) is 4.79 Å². The maximum absolute atomic E-state index is 12.4. The van der Waals surface area contributed by atoms with Gasteiger partial charge in [-0.2, -0.15) is 0 Å². The fourth-order valence-corrected chi connectivity index (χ4v) is 3.35. The van der Waals surface area contributed by atoms with Crippen molar-refractivity contribution in [1.29, 1.82) is 0 Å². The number of hydrogen-bond donors (Lipinski definition) is 0. The third kappa shape index (κ3) is 1.93. The van der Waals surface area contributed by atoms with E-state index in [1.165, 1.54) is 0 Å². The van der Waals surface area contributed by atoms with Crippen molar-refractivity contribution in [3.63, 3.8) is 0 Å². The number of fused-ring (bicyclic) bond motifs is 5. The fraction of sp³-hybridized carbons (Fsp3) is 0. The molecule has 0 N–H and O–H groups in total. The van der Waals surface area contributed by atoms with Crippen LogP contribution in [-0.2, 0) is 0 Å². The molecule has 3 nitrogen and oxygen atoms in total. The summed E-state index contributed by atoms with van der Waals surface area (Å²) in [6.07, 6.45) is 0. The molecule has 0 bridgehead atoms. The Balaban J connectivity index is 2.41. The van der Waals surface area contributed by atoms with Crippen molar-refractivity contribution in [3.05, 3.63) is 61.6 Å². The molecular formula is C16H7ClINO2. The van der Waals surface area contributed by atoms with Crippen LogP contribution in [-0.4, -0.2) is 4.98 Å². The van der Waals surface area contributed by atoms with Crippen LogP contribution < -0.4 is 5.63 Å². The molecule has 0 atom stereocenters. The van der Waals surface area contributed by atoms with E-state index in [1.807, 2.05) is 36.4 Å². The molecule has 0 fully saturated rings. The summed E-state index contributed by atoms with van der Waals surface area (Å²) in [5, 5.41) is 3.02. The van der Waals surface area contributed by atoms with E-state index in [0.29, 0.717) is 27.0 Å². The van der Waals surface area contributed by atoms with Crippen molar-refractivity contribution in [2.45, 2.75) is 0 Å². The van der Waals surface area contributed by atoms with E-state index in [4.69, 9.17) is 16.0 Å². The van der Waals surface area contributed by atoms with E-state index >= 15 is 0 Å². The second-order valence-electron chi connectivity index (χ2n) is 4.70. The highest BCUT2D eigenvalue weighted by Gasteiger charge is 2.15. The predicted octanol–water partition coefficient (Wildman–Crippen LogP) is 4.75. The maximum Gasteiger partial charge on any atom is 0.344 e. The van der Waals surface area contributed by atoms with Gasteiger partial charge in [0.2, 0.25) is 0 Å². The molecule has 4 rings (SSSR count). The van der Waals surface area contributed by atoms with Gasteiger partial charge in [-0.3, -0.25) is 0 Å². The zero-order chi connectivity index (χ0) is 14.6. The molecule has 0 aliphatic rings. The SMILES string of the molecule is O=c1oc2ccccc2c2c(Cl)nc3ccc(I)cc3c12. The van der Waals surface area contributed by atoms with Crippen molar-refractivity contribution >= 4 is 66.8 Å². The van der Waals surface area contributed by atoms with Crippen LogP contribution in [0.25, 0.3) is 32.6 Å². The first kappa shape index (κ1) is 13.0. The number of aromatic nitrogens is 1. The Morgan fingerprint density at radius 2 is 1.86 bits per heavy atom. The average Bonchev–Trinajstić information content (AvgIpc) is 2.47. The van der Waals surface area contributed by atoms with Gasteiger partial charge in [0.05, 0.1) is 10.9 Å². The zero-order valence-electron chi connectivity index (χ0n) is 10.6. The highest BCUT2D eigenvalue weighted by atomic mass is 127. The molecule has 102 valence electrons. The van der Waals surface area contributed by atoms with Crippen LogP contribution >= 0.6 is 34.2 Å². The van der Waals surface area contributed by atoms with E-state index < -0.39 is 0 Å². The first-order chi connectivity index (χ1) is 10.1. The Morgan fingerprint density at radius 3 is 2.71 bits per heavy atom. The third-order valence-corrected chi connectivity index (χ3v) is 4.41. The first-order valence-corrected chi connectivity index (χ1v) is 7.71. The summed E-state index contributed by atoms with van der Waals surface area (Å²) >= 11 is 8.54. The highest BCUT2D eigenvalue weighted by molar-refractivity contribution is 14.1. The summed E-state index contributed by atoms with van der Waals surface area (Å²) in [5.74, 6) is 0. The minimum Gasteiger partial charge on any atom is -0.422 e. The summed E-state index contributed by atoms with van der Waals surface area (Å²) in [4.78, 5) is 16.8. The largest absolute Gasteiger partial charge is 0.422 e. The van der Waals surface area contributed by atoms with Gasteiger partial charge in [-0.25, -0.2) is 9.78 Å². The van der Waals surface area contributed by atoms with Crippen LogP contribution in [0.3, 0.4) is 0 Å². The summed E-state index contributed by atoms with van der Waals surface area (Å²) in [5.41, 5.74) is 0.819. The van der Waals surface area contributed by atoms with Crippen molar-refractivity contribution in [2.75, 3.05) is 0 Å². The van der Waals surface area contributed by atoms with Gasteiger partial charge in [0.25, 0.3) is 0 Å². The molecule has 0 spiro atoms. The number of benzene rings is 2. The molecule has 0 saturated heterocycles. The summed E-state index contributed by atoms with van der Waals surface area (Å²) in [6.45, 7) is 0. The van der Waals surface area contributed by atoms with Crippen LogP contribution in [0.4, 0.5) is 0 Å². The van der Waals surface area contributed by atoms with Crippen LogP contribution in [0, 0.1) is 3.57 Å². The molecular weight excluding hydrogens is 401 g/mol. The van der Waals surface area contributed by atoms with Crippen molar-refractivity contribution in [1.82, 2.24) is 4.98 Å². The Bertz CT molecular complexity index is 1090. The lowest BCUT2D eigenvalue weighted by atomic mass is 10.1. The van der Waals surface area contributed by atoms with Crippen LogP contribution in [0.15, 0.2) is 51.7 Å². The van der Waals surface area contributed by atoms with E-state index in [0.717, 1.165) is 14.3 Å². The number of halogens is 2. The molecule has 2 heterocycles. The minimum atomic E-state index is -0.389. The second-order valence-corrected chi connectivity index (χ2v) is 6.30. The van der Waals surface area contributed by atoms with E-state index in [-0.39, 0.29) is 5.63 Å². The van der Waals surface area contributed by atoms with Gasteiger partial charge in [0.1, 0.15) is 10.7 Å². The van der Waals surface area contributed by atoms with Gasteiger partial charge in [-0.05, 0) is 46.9 Å². The Kier molecular flexibility index (Phi) is 2.90. The zero-order valence-corrected chi connectivity index (χ0v) is 13.5. The molecule has 0 radical (unpaired) electrons. The predicted molar refractivity (Wildman–Crippen MR) is 93.0 cm³/mol. The molecule has 0 amide bonds. The van der Waals surface area contributed by atoms with E-state index in [1.54, 1.807) is 6.07 Å². The first-order valence-electron chi connectivity index (χ1n) is 6.25. The van der Waals surface area contributed by atoms with Gasteiger partial charge in [0, 0.05) is 19.7 Å². The topological polar surface area (TPSA) is 43.1 Å². The average molecular weight is 408 g/mol. The van der Waals surface area contributed by atoms with Crippen molar-refractivity contribution < 1.29 is 4.42 Å². The number of pyridine rings is 1. The number of nitrogens with zero attached hydrogens (tertiary/aromatic N) is 1. The third-order valence-electron chi connectivity index (χ3n) is 3.47. The van der Waals surface area contributed by atoms with Gasteiger partial charge in [-0.1, -0.05) is 29.8 Å². The number of rotatable bonds is 0. The number of para-hydroxylation sites is 1. The summed E-state index contributed by atoms with van der Waals surface area (Å²) < 4.78 is 6.46. The second kappa shape index (κ2) is 4.68. The maximum atomic E-state index is 12.4. The number of hydrogen-bond acceptors (Lipinski definition) is 3. The lowest BCUT2D eigenvalue weighted by Gasteiger charge is -2.07. The lowest BCUT2D eigenvalue weighted by molar-refractivity contribution is 0.570. The monoisotopic (exact) mass is 407 g/mol. The minimum absolute atomic E-state index is 0.322. The molecule has 21 heavy (non-hydrogen) atoms. The fourth-order valence-electron chi connectivity index (χ4n) is 2.58. The van der Waals surface area contributed by atoms with Crippen molar-refractivity contribution in [2.24, 2.45) is 0 Å². The van der Waals surface area contributed by atoms with Crippen LogP contribution in [0.5, 0.6) is 0 Å². The molecule has 0 aliphatic heterocycles.